The highest BCUT2D eigenvalue weighted by atomic mass is 16.6. The molecule has 0 saturated carbocycles. The van der Waals surface area contributed by atoms with E-state index in [9.17, 15) is 4.79 Å². The third-order valence-electron chi connectivity index (χ3n) is 3.42. The summed E-state index contributed by atoms with van der Waals surface area (Å²) in [7, 11) is 0. The Hall–Kier alpha value is -1.51. The Kier molecular flexibility index (Phi) is 9.62. The maximum absolute atomic E-state index is 10.9. The lowest BCUT2D eigenvalue weighted by atomic mass is 9.92. The third-order valence-corrected chi connectivity index (χ3v) is 3.42. The molecule has 3 nitrogen and oxygen atoms in total. The lowest BCUT2D eigenvalue weighted by Crippen LogP contribution is -2.26. The third kappa shape index (κ3) is 9.98. The Bertz CT molecular complexity index is 444. The fourth-order valence-corrected chi connectivity index (χ4v) is 2.14. The molecule has 0 heterocycles. The smallest absolute Gasteiger partial charge is 0.308 e. The predicted molar refractivity (Wildman–Crippen MR) is 99.5 cm³/mol. The molecule has 1 aromatic carbocycles. The van der Waals surface area contributed by atoms with E-state index < -0.39 is 0 Å². The largest absolute Gasteiger partial charge is 0.460 e. The summed E-state index contributed by atoms with van der Waals surface area (Å²) in [6.07, 6.45) is 3.75. The van der Waals surface area contributed by atoms with E-state index in [1.165, 1.54) is 24.8 Å². The number of carbonyl (C=O) groups is 1. The second-order valence-electron chi connectivity index (χ2n) is 7.25. The Labute approximate surface area is 142 Å². The van der Waals surface area contributed by atoms with Crippen LogP contribution >= 0.6 is 0 Å². The van der Waals surface area contributed by atoms with Gasteiger partial charge >= 0.3 is 5.97 Å². The average Bonchev–Trinajstić information content (AvgIpc) is 2.44. The monoisotopic (exact) mass is 321 g/mol. The summed E-state index contributed by atoms with van der Waals surface area (Å²) in [5.74, 6) is 0.553. The lowest BCUT2D eigenvalue weighted by molar-refractivity contribution is -0.158. The molecule has 1 unspecified atom stereocenters. The van der Waals surface area contributed by atoms with Crippen LogP contribution in [0.5, 0.6) is 0 Å². The first-order valence-corrected chi connectivity index (χ1v) is 8.69. The van der Waals surface area contributed by atoms with Crippen LogP contribution in [0.15, 0.2) is 24.3 Å². The van der Waals surface area contributed by atoms with Crippen molar-refractivity contribution < 1.29 is 9.53 Å². The Balaban J connectivity index is 0.000000438. The van der Waals surface area contributed by atoms with Crippen LogP contribution < -0.4 is 5.73 Å². The Morgan fingerprint density at radius 1 is 1.13 bits per heavy atom. The van der Waals surface area contributed by atoms with E-state index in [1.807, 2.05) is 46.8 Å². The van der Waals surface area contributed by atoms with Crippen molar-refractivity contribution in [1.82, 2.24) is 0 Å². The zero-order valence-corrected chi connectivity index (χ0v) is 16.0. The van der Waals surface area contributed by atoms with Crippen LogP contribution in [0.1, 0.15) is 79.2 Å². The van der Waals surface area contributed by atoms with Crippen molar-refractivity contribution in [2.75, 3.05) is 5.73 Å². The molecule has 0 aliphatic rings. The summed E-state index contributed by atoms with van der Waals surface area (Å²) in [6.45, 7) is 13.7. The van der Waals surface area contributed by atoms with Crippen molar-refractivity contribution >= 4 is 11.7 Å². The van der Waals surface area contributed by atoms with E-state index >= 15 is 0 Å². The van der Waals surface area contributed by atoms with E-state index in [1.54, 1.807) is 0 Å². The molecular formula is C20H35NO2. The molecule has 132 valence electrons. The summed E-state index contributed by atoms with van der Waals surface area (Å²) < 4.78 is 5.06. The van der Waals surface area contributed by atoms with Crippen LogP contribution in [-0.2, 0) is 9.53 Å². The van der Waals surface area contributed by atoms with Crippen LogP contribution in [0, 0.1) is 5.92 Å². The number of esters is 1. The highest BCUT2D eigenvalue weighted by Gasteiger charge is 2.18. The minimum absolute atomic E-state index is 0.0285. The highest BCUT2D eigenvalue weighted by Crippen LogP contribution is 2.24. The van der Waals surface area contributed by atoms with Crippen molar-refractivity contribution in [3.05, 3.63) is 29.8 Å². The topological polar surface area (TPSA) is 52.3 Å². The second-order valence-corrected chi connectivity index (χ2v) is 7.25. The van der Waals surface area contributed by atoms with E-state index in [0.29, 0.717) is 5.92 Å². The van der Waals surface area contributed by atoms with Gasteiger partial charge in [0.15, 0.2) is 0 Å². The summed E-state index contributed by atoms with van der Waals surface area (Å²) >= 11 is 0. The molecule has 0 bridgehead atoms. The van der Waals surface area contributed by atoms with Crippen LogP contribution in [-0.4, -0.2) is 11.6 Å². The van der Waals surface area contributed by atoms with Crippen LogP contribution in [0.2, 0.25) is 0 Å². The number of ether oxygens (including phenoxy) is 1. The van der Waals surface area contributed by atoms with Gasteiger partial charge in [-0.2, -0.15) is 0 Å². The van der Waals surface area contributed by atoms with E-state index in [4.69, 9.17) is 10.5 Å². The second kappa shape index (κ2) is 10.3. The van der Waals surface area contributed by atoms with Gasteiger partial charge in [-0.15, -0.1) is 0 Å². The standard InChI is InChI=1S/C12H19N.C8H16O2/c1-3-5-10(4-2)11-6-8-12(13)9-7-11;1-6(2)7(9)10-8(3,4)5/h6-10H,3-5,13H2,1-2H3;6H,1-5H3. The van der Waals surface area contributed by atoms with Crippen molar-refractivity contribution in [1.29, 1.82) is 0 Å². The summed E-state index contributed by atoms with van der Waals surface area (Å²) in [5.41, 5.74) is 7.58. The molecule has 0 aliphatic heterocycles. The molecule has 1 rings (SSSR count). The van der Waals surface area contributed by atoms with E-state index in [0.717, 1.165) is 5.69 Å². The van der Waals surface area contributed by atoms with Gasteiger partial charge in [-0.3, -0.25) is 4.79 Å². The van der Waals surface area contributed by atoms with Gasteiger partial charge in [0.05, 0.1) is 5.92 Å². The first kappa shape index (κ1) is 21.5. The van der Waals surface area contributed by atoms with Gasteiger partial charge in [0.2, 0.25) is 0 Å². The molecule has 3 heteroatoms. The fraction of sp³-hybridized carbons (Fsp3) is 0.650. The number of hydrogen-bond acceptors (Lipinski definition) is 3. The Morgan fingerprint density at radius 2 is 1.65 bits per heavy atom. The first-order valence-electron chi connectivity index (χ1n) is 8.69. The van der Waals surface area contributed by atoms with Gasteiger partial charge in [0.1, 0.15) is 5.60 Å². The van der Waals surface area contributed by atoms with Crippen LogP contribution in [0.25, 0.3) is 0 Å². The molecule has 0 saturated heterocycles. The summed E-state index contributed by atoms with van der Waals surface area (Å²) in [6, 6.07) is 8.29. The highest BCUT2D eigenvalue weighted by molar-refractivity contribution is 5.71. The van der Waals surface area contributed by atoms with Gasteiger partial charge in [-0.25, -0.2) is 0 Å². The molecule has 0 amide bonds. The molecule has 1 atom stereocenters. The van der Waals surface area contributed by atoms with Crippen molar-refractivity contribution in [3.8, 4) is 0 Å². The van der Waals surface area contributed by atoms with E-state index in [2.05, 4.69) is 26.0 Å². The predicted octanol–water partition coefficient (Wildman–Crippen LogP) is 5.55. The van der Waals surface area contributed by atoms with Gasteiger partial charge in [0, 0.05) is 5.69 Å². The minimum atomic E-state index is -0.346. The van der Waals surface area contributed by atoms with E-state index in [-0.39, 0.29) is 17.5 Å². The average molecular weight is 322 g/mol. The Morgan fingerprint density at radius 3 is 1.96 bits per heavy atom. The van der Waals surface area contributed by atoms with Crippen LogP contribution in [0.4, 0.5) is 5.69 Å². The molecule has 2 N–H and O–H groups in total. The number of hydrogen-bond donors (Lipinski definition) is 1. The van der Waals surface area contributed by atoms with Crippen molar-refractivity contribution in [2.24, 2.45) is 5.92 Å². The number of rotatable bonds is 5. The van der Waals surface area contributed by atoms with Crippen molar-refractivity contribution in [3.63, 3.8) is 0 Å². The molecule has 1 aromatic rings. The minimum Gasteiger partial charge on any atom is -0.460 e. The van der Waals surface area contributed by atoms with Gasteiger partial charge in [-0.05, 0) is 57.2 Å². The lowest BCUT2D eigenvalue weighted by Gasteiger charge is -2.20. The first-order chi connectivity index (χ1) is 10.6. The molecule has 0 radical (unpaired) electrons. The number of anilines is 1. The normalized spacial score (nSPS) is 12.3. The molecule has 0 spiro atoms. The fourth-order valence-electron chi connectivity index (χ4n) is 2.14. The molecule has 0 aromatic heterocycles. The number of nitrogens with two attached hydrogens (primary N) is 1. The quantitative estimate of drug-likeness (QED) is 0.571. The number of nitrogen functional groups attached to an aromatic ring is 1. The molecular weight excluding hydrogens is 286 g/mol. The summed E-state index contributed by atoms with van der Waals surface area (Å²) in [5, 5.41) is 0. The maximum atomic E-state index is 10.9. The molecule has 0 aliphatic carbocycles. The van der Waals surface area contributed by atoms with Crippen molar-refractivity contribution in [2.45, 2.75) is 79.2 Å². The van der Waals surface area contributed by atoms with Gasteiger partial charge in [-0.1, -0.05) is 46.2 Å². The molecule has 23 heavy (non-hydrogen) atoms. The van der Waals surface area contributed by atoms with Gasteiger partial charge < -0.3 is 10.5 Å². The van der Waals surface area contributed by atoms with Crippen LogP contribution in [0.3, 0.4) is 0 Å². The zero-order valence-electron chi connectivity index (χ0n) is 16.0. The number of benzene rings is 1. The summed E-state index contributed by atoms with van der Waals surface area (Å²) in [4.78, 5) is 10.9. The van der Waals surface area contributed by atoms with Gasteiger partial charge in [0.25, 0.3) is 0 Å². The zero-order chi connectivity index (χ0) is 18.0. The number of carbonyl (C=O) groups excluding carboxylic acids is 1. The maximum Gasteiger partial charge on any atom is 0.308 e. The SMILES string of the molecule is CC(C)C(=O)OC(C)(C)C.CCCC(CC)c1ccc(N)cc1. The molecule has 0 fully saturated rings.